The first-order chi connectivity index (χ1) is 12.9. The highest BCUT2D eigenvalue weighted by atomic mass is 32.2. The maximum Gasteiger partial charge on any atom is 0.310 e. The molecule has 0 spiro atoms. The molecule has 9 heteroatoms. The predicted molar refractivity (Wildman–Crippen MR) is 102 cm³/mol. The first-order valence-electron chi connectivity index (χ1n) is 9.12. The van der Waals surface area contributed by atoms with E-state index in [4.69, 9.17) is 4.74 Å². The molecule has 1 amide bonds. The van der Waals surface area contributed by atoms with Crippen molar-refractivity contribution in [2.45, 2.75) is 57.7 Å². The van der Waals surface area contributed by atoms with Crippen LogP contribution in [-0.2, 0) is 20.7 Å². The van der Waals surface area contributed by atoms with Gasteiger partial charge in [0.1, 0.15) is 0 Å². The lowest BCUT2D eigenvalue weighted by atomic mass is 10.0. The van der Waals surface area contributed by atoms with Crippen LogP contribution in [0.25, 0.3) is 5.78 Å². The molecule has 0 N–H and O–H groups in total. The third-order valence-corrected chi connectivity index (χ3v) is 5.55. The standard InChI is InChI=1S/C18H25N5O3S/c1-11-7-5-6-8-22(11)15(24)10-26-16(25)9-14-12(2)19-17-20-18(27-4)21-23(17)13(14)3/h11H,5-10H2,1-4H3. The van der Waals surface area contributed by atoms with Gasteiger partial charge in [-0.2, -0.15) is 4.98 Å². The number of carbonyl (C=O) groups excluding carboxylic acids is 2. The van der Waals surface area contributed by atoms with E-state index in [-0.39, 0.29) is 25.0 Å². The number of thioether (sulfide) groups is 1. The van der Waals surface area contributed by atoms with Crippen LogP contribution in [0.2, 0.25) is 0 Å². The number of ether oxygens (including phenoxy) is 1. The summed E-state index contributed by atoms with van der Waals surface area (Å²) in [6.07, 6.45) is 5.09. The Labute approximate surface area is 162 Å². The summed E-state index contributed by atoms with van der Waals surface area (Å²) in [5.74, 6) is -0.0511. The molecule has 0 aliphatic carbocycles. The fourth-order valence-electron chi connectivity index (χ4n) is 3.42. The summed E-state index contributed by atoms with van der Waals surface area (Å²) in [6.45, 7) is 6.28. The largest absolute Gasteiger partial charge is 0.455 e. The molecule has 27 heavy (non-hydrogen) atoms. The van der Waals surface area contributed by atoms with E-state index in [1.807, 2.05) is 27.0 Å². The van der Waals surface area contributed by atoms with Gasteiger partial charge in [-0.1, -0.05) is 11.8 Å². The summed E-state index contributed by atoms with van der Waals surface area (Å²) >= 11 is 1.44. The molecule has 3 rings (SSSR count). The Kier molecular flexibility index (Phi) is 5.98. The van der Waals surface area contributed by atoms with E-state index in [9.17, 15) is 9.59 Å². The molecule has 2 aromatic heterocycles. The minimum absolute atomic E-state index is 0.0535. The van der Waals surface area contributed by atoms with Gasteiger partial charge in [0.05, 0.1) is 6.42 Å². The zero-order valence-corrected chi connectivity index (χ0v) is 17.0. The van der Waals surface area contributed by atoms with Crippen LogP contribution in [0, 0.1) is 13.8 Å². The molecule has 3 heterocycles. The number of carbonyl (C=O) groups is 2. The van der Waals surface area contributed by atoms with Gasteiger partial charge < -0.3 is 9.64 Å². The second-order valence-corrected chi connectivity index (χ2v) is 7.61. The molecule has 2 aromatic rings. The normalized spacial score (nSPS) is 17.3. The Balaban J connectivity index is 1.66. The summed E-state index contributed by atoms with van der Waals surface area (Å²) < 4.78 is 6.89. The zero-order valence-electron chi connectivity index (χ0n) is 16.2. The van der Waals surface area contributed by atoms with Crippen molar-refractivity contribution in [3.8, 4) is 0 Å². The highest BCUT2D eigenvalue weighted by molar-refractivity contribution is 7.98. The van der Waals surface area contributed by atoms with Crippen molar-refractivity contribution in [3.05, 3.63) is 17.0 Å². The number of likely N-dealkylation sites (tertiary alicyclic amines) is 1. The molecule has 1 aliphatic rings. The fraction of sp³-hybridized carbons (Fsp3) is 0.611. The van der Waals surface area contributed by atoms with E-state index in [1.165, 1.54) is 11.8 Å². The van der Waals surface area contributed by atoms with E-state index >= 15 is 0 Å². The Morgan fingerprint density at radius 3 is 2.74 bits per heavy atom. The molecule has 0 bridgehead atoms. The maximum absolute atomic E-state index is 12.3. The number of fused-ring (bicyclic) bond motifs is 1. The van der Waals surface area contributed by atoms with Crippen molar-refractivity contribution in [2.24, 2.45) is 0 Å². The van der Waals surface area contributed by atoms with E-state index in [0.717, 1.165) is 37.1 Å². The number of hydrogen-bond donors (Lipinski definition) is 0. The van der Waals surface area contributed by atoms with Crippen LogP contribution in [0.15, 0.2) is 5.16 Å². The van der Waals surface area contributed by atoms with Crippen LogP contribution in [0.1, 0.15) is 43.1 Å². The van der Waals surface area contributed by atoms with E-state index < -0.39 is 5.97 Å². The fourth-order valence-corrected chi connectivity index (χ4v) is 3.76. The average molecular weight is 391 g/mol. The summed E-state index contributed by atoms with van der Waals surface area (Å²) in [5.41, 5.74) is 2.27. The van der Waals surface area contributed by atoms with Gasteiger partial charge in [-0.25, -0.2) is 9.50 Å². The number of aryl methyl sites for hydroxylation is 2. The lowest BCUT2D eigenvalue weighted by molar-refractivity contribution is -0.153. The Hall–Kier alpha value is -2.16. The molecule has 1 unspecified atom stereocenters. The number of nitrogens with zero attached hydrogens (tertiary/aromatic N) is 5. The van der Waals surface area contributed by atoms with Crippen molar-refractivity contribution in [1.82, 2.24) is 24.5 Å². The van der Waals surface area contributed by atoms with Gasteiger partial charge in [0.25, 0.3) is 11.7 Å². The Morgan fingerprint density at radius 1 is 1.26 bits per heavy atom. The molecular weight excluding hydrogens is 366 g/mol. The van der Waals surface area contributed by atoms with E-state index in [1.54, 1.807) is 9.42 Å². The first-order valence-corrected chi connectivity index (χ1v) is 10.3. The quantitative estimate of drug-likeness (QED) is 0.568. The van der Waals surface area contributed by atoms with E-state index in [2.05, 4.69) is 15.1 Å². The first kappa shape index (κ1) is 19.6. The highest BCUT2D eigenvalue weighted by Crippen LogP contribution is 2.18. The summed E-state index contributed by atoms with van der Waals surface area (Å²) in [6, 6.07) is 0.207. The lowest BCUT2D eigenvalue weighted by Gasteiger charge is -2.33. The molecule has 0 radical (unpaired) electrons. The summed E-state index contributed by atoms with van der Waals surface area (Å²) in [7, 11) is 0. The minimum Gasteiger partial charge on any atom is -0.455 e. The van der Waals surface area contributed by atoms with Gasteiger partial charge in [-0.3, -0.25) is 9.59 Å². The van der Waals surface area contributed by atoms with Gasteiger partial charge in [0.15, 0.2) is 6.61 Å². The third-order valence-electron chi connectivity index (χ3n) is 5.01. The van der Waals surface area contributed by atoms with Crippen LogP contribution in [0.5, 0.6) is 0 Å². The van der Waals surface area contributed by atoms with Crippen molar-refractivity contribution in [2.75, 3.05) is 19.4 Å². The van der Waals surface area contributed by atoms with Crippen molar-refractivity contribution < 1.29 is 14.3 Å². The average Bonchev–Trinajstić information content (AvgIpc) is 3.07. The van der Waals surface area contributed by atoms with Crippen molar-refractivity contribution in [1.29, 1.82) is 0 Å². The third kappa shape index (κ3) is 4.23. The minimum atomic E-state index is -0.439. The summed E-state index contributed by atoms with van der Waals surface area (Å²) in [5, 5.41) is 5.01. The topological polar surface area (TPSA) is 89.7 Å². The second kappa shape index (κ2) is 8.24. The van der Waals surface area contributed by atoms with Crippen LogP contribution in [0.3, 0.4) is 0 Å². The molecular formula is C18H25N5O3S. The molecule has 1 saturated heterocycles. The molecule has 0 saturated carbocycles. The van der Waals surface area contributed by atoms with Crippen LogP contribution in [0.4, 0.5) is 0 Å². The Bertz CT molecular complexity index is 866. The highest BCUT2D eigenvalue weighted by Gasteiger charge is 2.24. The maximum atomic E-state index is 12.3. The van der Waals surface area contributed by atoms with Gasteiger partial charge >= 0.3 is 5.97 Å². The van der Waals surface area contributed by atoms with E-state index in [0.29, 0.717) is 16.6 Å². The van der Waals surface area contributed by atoms with Crippen molar-refractivity contribution in [3.63, 3.8) is 0 Å². The number of amides is 1. The summed E-state index contributed by atoms with van der Waals surface area (Å²) in [4.78, 5) is 35.2. The van der Waals surface area contributed by atoms with Crippen LogP contribution in [-0.4, -0.2) is 61.8 Å². The zero-order chi connectivity index (χ0) is 19.6. The van der Waals surface area contributed by atoms with Gasteiger partial charge in [-0.15, -0.1) is 5.10 Å². The number of rotatable bonds is 5. The second-order valence-electron chi connectivity index (χ2n) is 6.84. The Morgan fingerprint density at radius 2 is 2.04 bits per heavy atom. The molecule has 1 atom stereocenters. The molecule has 1 aliphatic heterocycles. The SMILES string of the molecule is CSc1nc2nc(C)c(CC(=O)OCC(=O)N3CCCCC3C)c(C)n2n1. The monoisotopic (exact) mass is 391 g/mol. The predicted octanol–water partition coefficient (Wildman–Crippen LogP) is 1.95. The molecule has 146 valence electrons. The lowest BCUT2D eigenvalue weighted by Crippen LogP contribution is -2.44. The van der Waals surface area contributed by atoms with Crippen LogP contribution < -0.4 is 0 Å². The molecule has 1 fully saturated rings. The number of piperidine rings is 1. The van der Waals surface area contributed by atoms with Crippen LogP contribution >= 0.6 is 11.8 Å². The molecule has 8 nitrogen and oxygen atoms in total. The number of hydrogen-bond acceptors (Lipinski definition) is 7. The smallest absolute Gasteiger partial charge is 0.310 e. The molecule has 0 aromatic carbocycles. The van der Waals surface area contributed by atoms with Gasteiger partial charge in [0.2, 0.25) is 5.16 Å². The van der Waals surface area contributed by atoms with Gasteiger partial charge in [0, 0.05) is 29.5 Å². The van der Waals surface area contributed by atoms with Crippen molar-refractivity contribution >= 4 is 29.4 Å². The number of aromatic nitrogens is 4. The van der Waals surface area contributed by atoms with Gasteiger partial charge in [-0.05, 0) is 46.3 Å². The number of esters is 1.